The number of rotatable bonds is 5. The van der Waals surface area contributed by atoms with Crippen molar-refractivity contribution in [3.8, 4) is 11.8 Å². The van der Waals surface area contributed by atoms with Crippen molar-refractivity contribution in [3.05, 3.63) is 42.6 Å². The average molecular weight is 502 g/mol. The molecule has 2 fully saturated rings. The third-order valence-corrected chi connectivity index (χ3v) is 6.32. The number of methoxy groups -OCH3 is 1. The molecule has 1 saturated heterocycles. The number of imide groups is 1. The van der Waals surface area contributed by atoms with E-state index in [0.29, 0.717) is 54.5 Å². The summed E-state index contributed by atoms with van der Waals surface area (Å²) in [5.74, 6) is 0.348. The number of hydrogen-bond acceptors (Lipinski definition) is 8. The predicted octanol–water partition coefficient (Wildman–Crippen LogP) is 3.61. The van der Waals surface area contributed by atoms with Crippen LogP contribution in [0.25, 0.3) is 10.9 Å². The maximum absolute atomic E-state index is 13.1. The molecule has 1 saturated carbocycles. The minimum atomic E-state index is -4.61. The van der Waals surface area contributed by atoms with E-state index in [2.05, 4.69) is 19.9 Å². The summed E-state index contributed by atoms with van der Waals surface area (Å²) >= 11 is 0. The molecule has 3 amide bonds. The number of aromatic nitrogens is 4. The SMILES string of the molecule is COc1cc2ncnc(O[C@H]3CC[C@@H](N4C(=O)CN(c5cncc(C(F)(F)F)c5)C4=O)CC3)c2cn1. The fourth-order valence-corrected chi connectivity index (χ4v) is 4.50. The number of alkyl halides is 3. The molecule has 3 aromatic rings. The molecule has 188 valence electrons. The van der Waals surface area contributed by atoms with Crippen molar-refractivity contribution in [1.82, 2.24) is 24.8 Å². The van der Waals surface area contributed by atoms with Gasteiger partial charge in [0.15, 0.2) is 0 Å². The number of pyridine rings is 2. The molecule has 0 radical (unpaired) electrons. The molecule has 1 aliphatic heterocycles. The number of urea groups is 1. The average Bonchev–Trinajstić information content (AvgIpc) is 3.17. The minimum absolute atomic E-state index is 0.0661. The van der Waals surface area contributed by atoms with Crippen LogP contribution in [0, 0.1) is 0 Å². The summed E-state index contributed by atoms with van der Waals surface area (Å²) < 4.78 is 50.4. The summed E-state index contributed by atoms with van der Waals surface area (Å²) in [4.78, 5) is 44.1. The molecule has 36 heavy (non-hydrogen) atoms. The molecule has 0 bridgehead atoms. The van der Waals surface area contributed by atoms with Gasteiger partial charge in [0.2, 0.25) is 11.8 Å². The molecule has 13 heteroatoms. The van der Waals surface area contributed by atoms with E-state index in [0.717, 1.165) is 22.1 Å². The van der Waals surface area contributed by atoms with Crippen LogP contribution in [-0.2, 0) is 11.0 Å². The molecule has 5 rings (SSSR count). The van der Waals surface area contributed by atoms with Gasteiger partial charge in [-0.2, -0.15) is 13.2 Å². The van der Waals surface area contributed by atoms with Gasteiger partial charge in [0.1, 0.15) is 19.0 Å². The molecule has 0 spiro atoms. The normalized spacial score (nSPS) is 20.8. The van der Waals surface area contributed by atoms with Gasteiger partial charge < -0.3 is 9.47 Å². The Balaban J connectivity index is 1.25. The zero-order valence-corrected chi connectivity index (χ0v) is 19.1. The van der Waals surface area contributed by atoms with E-state index < -0.39 is 23.7 Å². The van der Waals surface area contributed by atoms with Crippen LogP contribution >= 0.6 is 0 Å². The fraction of sp³-hybridized carbons (Fsp3) is 0.391. The van der Waals surface area contributed by atoms with Crippen molar-refractivity contribution in [2.45, 2.75) is 44.0 Å². The number of carbonyl (C=O) groups is 2. The molecule has 1 aliphatic carbocycles. The lowest BCUT2D eigenvalue weighted by Gasteiger charge is -2.33. The molecule has 0 unspecified atom stereocenters. The first-order valence-corrected chi connectivity index (χ1v) is 11.2. The molecule has 0 N–H and O–H groups in total. The van der Waals surface area contributed by atoms with Crippen molar-refractivity contribution < 1.29 is 32.2 Å². The quantitative estimate of drug-likeness (QED) is 0.487. The zero-order valence-electron chi connectivity index (χ0n) is 19.1. The van der Waals surface area contributed by atoms with Crippen LogP contribution < -0.4 is 14.4 Å². The van der Waals surface area contributed by atoms with Crippen LogP contribution in [0.4, 0.5) is 23.7 Å². The molecule has 0 aromatic carbocycles. The maximum Gasteiger partial charge on any atom is 0.417 e. The maximum atomic E-state index is 13.1. The second-order valence-electron chi connectivity index (χ2n) is 8.53. The Morgan fingerprint density at radius 1 is 1.00 bits per heavy atom. The molecular weight excluding hydrogens is 481 g/mol. The van der Waals surface area contributed by atoms with E-state index >= 15 is 0 Å². The Hall–Kier alpha value is -4.03. The highest BCUT2D eigenvalue weighted by molar-refractivity contribution is 6.12. The number of carbonyl (C=O) groups excluding carboxylic acids is 2. The molecule has 0 atom stereocenters. The fourth-order valence-electron chi connectivity index (χ4n) is 4.50. The molecule has 3 aromatic heterocycles. The molecule has 2 aliphatic rings. The topological polar surface area (TPSA) is 111 Å². The lowest BCUT2D eigenvalue weighted by Crippen LogP contribution is -2.44. The van der Waals surface area contributed by atoms with E-state index in [4.69, 9.17) is 9.47 Å². The van der Waals surface area contributed by atoms with Gasteiger partial charge in [0.25, 0.3) is 5.91 Å². The van der Waals surface area contributed by atoms with Crippen molar-refractivity contribution in [1.29, 1.82) is 0 Å². The smallest absolute Gasteiger partial charge is 0.417 e. The highest BCUT2D eigenvalue weighted by atomic mass is 19.4. The van der Waals surface area contributed by atoms with Gasteiger partial charge in [0, 0.05) is 24.5 Å². The van der Waals surface area contributed by atoms with Crippen LogP contribution in [-0.4, -0.2) is 62.6 Å². The van der Waals surface area contributed by atoms with Gasteiger partial charge in [-0.1, -0.05) is 0 Å². The molecular formula is C23H21F3N6O4. The van der Waals surface area contributed by atoms with Gasteiger partial charge in [-0.05, 0) is 31.7 Å². The monoisotopic (exact) mass is 502 g/mol. The Labute approximate surface area is 203 Å². The van der Waals surface area contributed by atoms with Crippen LogP contribution in [0.5, 0.6) is 11.8 Å². The van der Waals surface area contributed by atoms with Gasteiger partial charge in [-0.25, -0.2) is 19.7 Å². The van der Waals surface area contributed by atoms with E-state index in [1.165, 1.54) is 13.4 Å². The summed E-state index contributed by atoms with van der Waals surface area (Å²) in [6.45, 7) is -0.332. The largest absolute Gasteiger partial charge is 0.481 e. The number of fused-ring (bicyclic) bond motifs is 1. The van der Waals surface area contributed by atoms with Crippen LogP contribution in [0.2, 0.25) is 0 Å². The highest BCUT2D eigenvalue weighted by Gasteiger charge is 2.43. The van der Waals surface area contributed by atoms with E-state index in [1.807, 2.05) is 0 Å². The number of nitrogens with zero attached hydrogens (tertiary/aromatic N) is 6. The van der Waals surface area contributed by atoms with Gasteiger partial charge in [0.05, 0.1) is 35.5 Å². The Kier molecular flexibility index (Phi) is 6.06. The summed E-state index contributed by atoms with van der Waals surface area (Å²) in [6.07, 6.45) is 2.09. The van der Waals surface area contributed by atoms with Crippen LogP contribution in [0.1, 0.15) is 31.2 Å². The first-order chi connectivity index (χ1) is 17.2. The van der Waals surface area contributed by atoms with Crippen molar-refractivity contribution in [3.63, 3.8) is 0 Å². The van der Waals surface area contributed by atoms with Crippen molar-refractivity contribution in [2.24, 2.45) is 0 Å². The lowest BCUT2D eigenvalue weighted by atomic mass is 9.92. The summed E-state index contributed by atoms with van der Waals surface area (Å²) in [6, 6.07) is 1.48. The van der Waals surface area contributed by atoms with E-state index in [-0.39, 0.29) is 24.4 Å². The van der Waals surface area contributed by atoms with E-state index in [9.17, 15) is 22.8 Å². The summed E-state index contributed by atoms with van der Waals surface area (Å²) in [5, 5.41) is 0.635. The minimum Gasteiger partial charge on any atom is -0.481 e. The van der Waals surface area contributed by atoms with Crippen LogP contribution in [0.3, 0.4) is 0 Å². The highest BCUT2D eigenvalue weighted by Crippen LogP contribution is 2.34. The number of amides is 3. The number of hydrogen-bond donors (Lipinski definition) is 0. The van der Waals surface area contributed by atoms with Gasteiger partial charge in [-0.15, -0.1) is 0 Å². The molecule has 10 nitrogen and oxygen atoms in total. The predicted molar refractivity (Wildman–Crippen MR) is 119 cm³/mol. The zero-order chi connectivity index (χ0) is 25.4. The second kappa shape index (κ2) is 9.21. The lowest BCUT2D eigenvalue weighted by molar-refractivity contribution is -0.137. The Bertz CT molecular complexity index is 1310. The van der Waals surface area contributed by atoms with Crippen molar-refractivity contribution >= 4 is 28.5 Å². The second-order valence-corrected chi connectivity index (χ2v) is 8.53. The standard InChI is InChI=1S/C23H21F3N6O4/c1-35-19-7-18-17(10-28-19)21(30-12-29-18)36-16-4-2-14(3-5-16)32-20(33)11-31(22(32)34)15-6-13(8-27-9-15)23(24,25)26/h6-10,12,14,16H,2-5,11H2,1H3/t14-,16+. The number of anilines is 1. The van der Waals surface area contributed by atoms with Crippen molar-refractivity contribution in [2.75, 3.05) is 18.6 Å². The number of ether oxygens (including phenoxy) is 2. The van der Waals surface area contributed by atoms with Gasteiger partial charge in [-0.3, -0.25) is 19.6 Å². The summed E-state index contributed by atoms with van der Waals surface area (Å²) in [7, 11) is 1.51. The first-order valence-electron chi connectivity index (χ1n) is 11.2. The third-order valence-electron chi connectivity index (χ3n) is 6.32. The summed E-state index contributed by atoms with van der Waals surface area (Å²) in [5.41, 5.74) is -0.427. The molecule has 4 heterocycles. The Morgan fingerprint density at radius 3 is 2.50 bits per heavy atom. The first kappa shape index (κ1) is 23.7. The third kappa shape index (κ3) is 4.48. The van der Waals surface area contributed by atoms with E-state index in [1.54, 1.807) is 12.3 Å². The van der Waals surface area contributed by atoms with Crippen LogP contribution in [0.15, 0.2) is 37.1 Å². The number of halogens is 3. The van der Waals surface area contributed by atoms with Gasteiger partial charge >= 0.3 is 12.2 Å². The Morgan fingerprint density at radius 2 is 1.78 bits per heavy atom.